The van der Waals surface area contributed by atoms with Crippen molar-refractivity contribution in [2.45, 2.75) is 18.9 Å². The fraction of sp³-hybridized carbons (Fsp3) is 0.636. The van der Waals surface area contributed by atoms with Crippen LogP contribution in [0.3, 0.4) is 0 Å². The Labute approximate surface area is 115 Å². The van der Waals surface area contributed by atoms with Crippen LogP contribution < -0.4 is 16.5 Å². The lowest BCUT2D eigenvalue weighted by atomic mass is 10.3. The summed E-state index contributed by atoms with van der Waals surface area (Å²) in [5, 5.41) is 5.66. The lowest BCUT2D eigenvalue weighted by molar-refractivity contribution is 0.0498. The molecule has 2 heterocycles. The second-order valence-corrected chi connectivity index (χ2v) is 5.50. The van der Waals surface area contributed by atoms with Crippen molar-refractivity contribution in [2.24, 2.45) is 0 Å². The number of anilines is 2. The standard InChI is InChI=1S/C11H17N5O2S/c12-9-8(10(17)13-7-1-2-7)11(19-15-9)14-16-3-5-18-6-4-16/h7,14H,1-6H2,(H2,12,15)(H,13,17). The number of nitrogens with zero attached hydrogens (tertiary/aromatic N) is 2. The molecule has 3 rings (SSSR count). The molecule has 7 nitrogen and oxygen atoms in total. The molecule has 1 saturated heterocycles. The summed E-state index contributed by atoms with van der Waals surface area (Å²) < 4.78 is 9.35. The first-order valence-corrected chi connectivity index (χ1v) is 7.17. The smallest absolute Gasteiger partial charge is 0.258 e. The molecule has 1 aliphatic heterocycles. The van der Waals surface area contributed by atoms with Gasteiger partial charge in [0, 0.05) is 19.1 Å². The van der Waals surface area contributed by atoms with Gasteiger partial charge >= 0.3 is 0 Å². The van der Waals surface area contributed by atoms with Crippen LogP contribution in [0.25, 0.3) is 0 Å². The minimum atomic E-state index is -0.135. The van der Waals surface area contributed by atoms with Crippen LogP contribution in [0.4, 0.5) is 10.8 Å². The summed E-state index contributed by atoms with van der Waals surface area (Å²) in [6, 6.07) is 0.308. The zero-order valence-electron chi connectivity index (χ0n) is 10.5. The molecule has 19 heavy (non-hydrogen) atoms. The number of morpholine rings is 1. The van der Waals surface area contributed by atoms with E-state index in [9.17, 15) is 4.79 Å². The number of ether oxygens (including phenoxy) is 1. The Balaban J connectivity index is 1.71. The zero-order valence-corrected chi connectivity index (χ0v) is 11.3. The third kappa shape index (κ3) is 2.96. The van der Waals surface area contributed by atoms with Gasteiger partial charge in [-0.2, -0.15) is 4.37 Å². The van der Waals surface area contributed by atoms with Gasteiger partial charge < -0.3 is 21.2 Å². The summed E-state index contributed by atoms with van der Waals surface area (Å²) in [7, 11) is 0. The molecule has 104 valence electrons. The minimum absolute atomic E-state index is 0.135. The molecule has 0 bridgehead atoms. The quantitative estimate of drug-likeness (QED) is 0.735. The first-order valence-electron chi connectivity index (χ1n) is 6.39. The summed E-state index contributed by atoms with van der Waals surface area (Å²) in [6.07, 6.45) is 2.10. The van der Waals surface area contributed by atoms with Gasteiger partial charge in [0.25, 0.3) is 5.91 Å². The summed E-state index contributed by atoms with van der Waals surface area (Å²) in [5.74, 6) is 0.156. The summed E-state index contributed by atoms with van der Waals surface area (Å²) in [5.41, 5.74) is 9.47. The van der Waals surface area contributed by atoms with Crippen molar-refractivity contribution in [2.75, 3.05) is 37.5 Å². The molecule has 1 aromatic heterocycles. The third-order valence-electron chi connectivity index (χ3n) is 3.13. The van der Waals surface area contributed by atoms with Gasteiger partial charge in [-0.25, -0.2) is 5.01 Å². The molecule has 0 unspecified atom stereocenters. The van der Waals surface area contributed by atoms with Gasteiger partial charge in [0.15, 0.2) is 5.82 Å². The van der Waals surface area contributed by atoms with E-state index >= 15 is 0 Å². The Morgan fingerprint density at radius 1 is 1.42 bits per heavy atom. The number of hydrogen-bond acceptors (Lipinski definition) is 7. The summed E-state index contributed by atoms with van der Waals surface area (Å²) in [6.45, 7) is 2.93. The number of hydrogen-bond donors (Lipinski definition) is 3. The molecule has 0 radical (unpaired) electrons. The zero-order chi connectivity index (χ0) is 13.2. The van der Waals surface area contributed by atoms with Crippen molar-refractivity contribution in [3.63, 3.8) is 0 Å². The maximum absolute atomic E-state index is 12.1. The first kappa shape index (κ1) is 12.6. The van der Waals surface area contributed by atoms with E-state index in [1.54, 1.807) is 0 Å². The van der Waals surface area contributed by atoms with Crippen molar-refractivity contribution < 1.29 is 9.53 Å². The van der Waals surface area contributed by atoms with Gasteiger partial charge in [-0.1, -0.05) is 0 Å². The average Bonchev–Trinajstić information content (AvgIpc) is 3.14. The number of aromatic nitrogens is 1. The number of nitrogens with two attached hydrogens (primary N) is 1. The Hall–Kier alpha value is -1.38. The largest absolute Gasteiger partial charge is 0.382 e. The number of carbonyl (C=O) groups is 1. The Bertz CT molecular complexity index is 468. The Morgan fingerprint density at radius 2 is 2.16 bits per heavy atom. The molecule has 0 aromatic carbocycles. The highest BCUT2D eigenvalue weighted by molar-refractivity contribution is 7.11. The molecular formula is C11H17N5O2S. The maximum Gasteiger partial charge on any atom is 0.258 e. The van der Waals surface area contributed by atoms with Crippen LogP contribution in [-0.2, 0) is 4.74 Å². The Kier molecular flexibility index (Phi) is 3.54. The second kappa shape index (κ2) is 5.32. The van der Waals surface area contributed by atoms with Crippen LogP contribution in [0.5, 0.6) is 0 Å². The molecule has 2 aliphatic rings. The number of carbonyl (C=O) groups excluding carboxylic acids is 1. The lowest BCUT2D eigenvalue weighted by Crippen LogP contribution is -2.40. The highest BCUT2D eigenvalue weighted by Crippen LogP contribution is 2.29. The third-order valence-corrected chi connectivity index (χ3v) is 3.89. The highest BCUT2D eigenvalue weighted by Gasteiger charge is 2.28. The van der Waals surface area contributed by atoms with Gasteiger partial charge in [0.1, 0.15) is 10.6 Å². The lowest BCUT2D eigenvalue weighted by Gasteiger charge is -2.27. The predicted molar refractivity (Wildman–Crippen MR) is 73.0 cm³/mol. The molecule has 8 heteroatoms. The van der Waals surface area contributed by atoms with Crippen LogP contribution in [0.1, 0.15) is 23.2 Å². The number of nitrogen functional groups attached to an aromatic ring is 1. The van der Waals surface area contributed by atoms with Crippen LogP contribution in [0.15, 0.2) is 0 Å². The van der Waals surface area contributed by atoms with Gasteiger partial charge in [0.2, 0.25) is 0 Å². The summed E-state index contributed by atoms with van der Waals surface area (Å²) in [4.78, 5) is 12.1. The molecule has 2 fully saturated rings. The van der Waals surface area contributed by atoms with Crippen LogP contribution in [0, 0.1) is 0 Å². The molecule has 1 aromatic rings. The van der Waals surface area contributed by atoms with Gasteiger partial charge in [0.05, 0.1) is 13.2 Å². The van der Waals surface area contributed by atoms with Crippen molar-refractivity contribution in [1.29, 1.82) is 0 Å². The van der Waals surface area contributed by atoms with E-state index in [0.29, 0.717) is 35.6 Å². The molecule has 0 atom stereocenters. The molecule has 4 N–H and O–H groups in total. The first-order chi connectivity index (χ1) is 9.24. The Morgan fingerprint density at radius 3 is 2.84 bits per heavy atom. The van der Waals surface area contributed by atoms with E-state index in [0.717, 1.165) is 25.9 Å². The van der Waals surface area contributed by atoms with Crippen molar-refractivity contribution >= 4 is 28.3 Å². The van der Waals surface area contributed by atoms with E-state index < -0.39 is 0 Å². The van der Waals surface area contributed by atoms with Gasteiger partial charge in [-0.3, -0.25) is 4.79 Å². The summed E-state index contributed by atoms with van der Waals surface area (Å²) >= 11 is 1.22. The molecular weight excluding hydrogens is 266 g/mol. The van der Waals surface area contributed by atoms with E-state index in [-0.39, 0.29) is 5.91 Å². The number of hydrazine groups is 1. The van der Waals surface area contributed by atoms with Gasteiger partial charge in [-0.15, -0.1) is 0 Å². The fourth-order valence-corrected chi connectivity index (χ4v) is 2.64. The van der Waals surface area contributed by atoms with Crippen LogP contribution in [-0.4, -0.2) is 47.6 Å². The average molecular weight is 283 g/mol. The molecule has 0 spiro atoms. The fourth-order valence-electron chi connectivity index (χ4n) is 1.90. The van der Waals surface area contributed by atoms with Crippen molar-refractivity contribution in [3.8, 4) is 0 Å². The van der Waals surface area contributed by atoms with E-state index in [1.807, 2.05) is 5.01 Å². The SMILES string of the molecule is Nc1nsc(NN2CCOCC2)c1C(=O)NC1CC1. The van der Waals surface area contributed by atoms with Crippen molar-refractivity contribution in [1.82, 2.24) is 14.7 Å². The normalized spacial score (nSPS) is 20.2. The maximum atomic E-state index is 12.1. The highest BCUT2D eigenvalue weighted by atomic mass is 32.1. The molecule has 1 aliphatic carbocycles. The van der Waals surface area contributed by atoms with Crippen LogP contribution in [0.2, 0.25) is 0 Å². The minimum Gasteiger partial charge on any atom is -0.382 e. The van der Waals surface area contributed by atoms with E-state index in [1.165, 1.54) is 11.5 Å². The van der Waals surface area contributed by atoms with Gasteiger partial charge in [-0.05, 0) is 24.4 Å². The topological polar surface area (TPSA) is 92.5 Å². The predicted octanol–water partition coefficient (Wildman–Crippen LogP) is 0.277. The monoisotopic (exact) mass is 283 g/mol. The molecule has 1 saturated carbocycles. The second-order valence-electron chi connectivity index (χ2n) is 4.73. The van der Waals surface area contributed by atoms with Crippen molar-refractivity contribution in [3.05, 3.63) is 5.56 Å². The molecule has 1 amide bonds. The number of nitrogens with one attached hydrogen (secondary N) is 2. The van der Waals surface area contributed by atoms with E-state index in [2.05, 4.69) is 15.1 Å². The van der Waals surface area contributed by atoms with E-state index in [4.69, 9.17) is 10.5 Å². The van der Waals surface area contributed by atoms with Crippen LogP contribution >= 0.6 is 11.5 Å². The number of rotatable bonds is 4. The number of amides is 1.